The number of nitrogens with two attached hydrogens (primary N) is 1. The molecule has 1 aromatic heterocycles. The summed E-state index contributed by atoms with van der Waals surface area (Å²) in [4.78, 5) is 3.85. The van der Waals surface area contributed by atoms with Gasteiger partial charge in [0.15, 0.2) is 0 Å². The Morgan fingerprint density at radius 3 is 2.69 bits per heavy atom. The highest BCUT2D eigenvalue weighted by atomic mass is 16.3. The molecule has 0 bridgehead atoms. The van der Waals surface area contributed by atoms with E-state index in [1.54, 1.807) is 19.1 Å². The van der Waals surface area contributed by atoms with Crippen LogP contribution in [0, 0.1) is 11.3 Å². The minimum Gasteiger partial charge on any atom is -0.391 e. The normalized spacial score (nSPS) is 14.6. The van der Waals surface area contributed by atoms with E-state index in [0.29, 0.717) is 5.69 Å². The van der Waals surface area contributed by atoms with Crippen molar-refractivity contribution in [3.05, 3.63) is 29.6 Å². The molecule has 0 saturated carbocycles. The van der Waals surface area contributed by atoms with Gasteiger partial charge < -0.3 is 10.8 Å². The van der Waals surface area contributed by atoms with Crippen LogP contribution in [0.2, 0.25) is 0 Å². The molecule has 0 aliphatic rings. The lowest BCUT2D eigenvalue weighted by Crippen LogP contribution is -2.23. The van der Waals surface area contributed by atoms with Crippen LogP contribution in [-0.2, 0) is 0 Å². The zero-order valence-corrected chi connectivity index (χ0v) is 7.31. The third kappa shape index (κ3) is 2.25. The Hall–Kier alpha value is -1.44. The molecule has 3 N–H and O–H groups in total. The highest BCUT2D eigenvalue weighted by Crippen LogP contribution is 2.12. The Kier molecular flexibility index (Phi) is 2.96. The van der Waals surface area contributed by atoms with Gasteiger partial charge in [-0.1, -0.05) is 6.07 Å². The molecule has 1 rings (SSSR count). The molecule has 2 unspecified atom stereocenters. The number of nitrogens with zero attached hydrogens (tertiary/aromatic N) is 2. The molecule has 0 spiro atoms. The largest absolute Gasteiger partial charge is 0.391 e. The van der Waals surface area contributed by atoms with Gasteiger partial charge in [0.2, 0.25) is 0 Å². The molecule has 68 valence electrons. The number of pyridine rings is 1. The zero-order valence-electron chi connectivity index (χ0n) is 7.31. The zero-order chi connectivity index (χ0) is 9.84. The molecular formula is C9H11N3O. The Labute approximate surface area is 76.6 Å². The Morgan fingerprint density at radius 1 is 1.62 bits per heavy atom. The molecule has 0 radical (unpaired) electrons. The van der Waals surface area contributed by atoms with E-state index in [9.17, 15) is 5.11 Å². The maximum absolute atomic E-state index is 9.18. The maximum Gasteiger partial charge on any atom is 0.140 e. The highest BCUT2D eigenvalue weighted by Gasteiger charge is 2.11. The van der Waals surface area contributed by atoms with Gasteiger partial charge in [0, 0.05) is 6.20 Å². The molecule has 13 heavy (non-hydrogen) atoms. The number of nitriles is 1. The SMILES string of the molecule is CC(O)C(N)c1ccc(C#N)nc1. The monoisotopic (exact) mass is 177 g/mol. The number of aliphatic hydroxyl groups is 1. The van der Waals surface area contributed by atoms with Crippen LogP contribution in [0.4, 0.5) is 0 Å². The fourth-order valence-electron chi connectivity index (χ4n) is 0.947. The van der Waals surface area contributed by atoms with Crippen molar-refractivity contribution in [2.24, 2.45) is 5.73 Å². The smallest absolute Gasteiger partial charge is 0.140 e. The molecule has 0 aliphatic heterocycles. The van der Waals surface area contributed by atoms with Gasteiger partial charge in [0.05, 0.1) is 12.1 Å². The van der Waals surface area contributed by atoms with Crippen molar-refractivity contribution < 1.29 is 5.11 Å². The average Bonchev–Trinajstić information content (AvgIpc) is 2.17. The second-order valence-electron chi connectivity index (χ2n) is 2.85. The summed E-state index contributed by atoms with van der Waals surface area (Å²) in [6.45, 7) is 1.61. The summed E-state index contributed by atoms with van der Waals surface area (Å²) < 4.78 is 0. The summed E-state index contributed by atoms with van der Waals surface area (Å²) in [7, 11) is 0. The molecule has 0 aromatic carbocycles. The second-order valence-corrected chi connectivity index (χ2v) is 2.85. The van der Waals surface area contributed by atoms with E-state index in [2.05, 4.69) is 4.98 Å². The first-order valence-electron chi connectivity index (χ1n) is 3.95. The van der Waals surface area contributed by atoms with Crippen LogP contribution < -0.4 is 5.73 Å². The predicted molar refractivity (Wildman–Crippen MR) is 47.6 cm³/mol. The minimum atomic E-state index is -0.616. The van der Waals surface area contributed by atoms with Crippen LogP contribution in [-0.4, -0.2) is 16.2 Å². The van der Waals surface area contributed by atoms with E-state index in [-0.39, 0.29) is 0 Å². The highest BCUT2D eigenvalue weighted by molar-refractivity contribution is 5.25. The third-order valence-corrected chi connectivity index (χ3v) is 1.81. The van der Waals surface area contributed by atoms with Crippen molar-refractivity contribution in [3.8, 4) is 6.07 Å². The second kappa shape index (κ2) is 3.99. The molecule has 0 aliphatic carbocycles. The first-order chi connectivity index (χ1) is 6.15. The quantitative estimate of drug-likeness (QED) is 0.682. The summed E-state index contributed by atoms with van der Waals surface area (Å²) in [5.41, 5.74) is 6.74. The van der Waals surface area contributed by atoms with Crippen LogP contribution in [0.25, 0.3) is 0 Å². The van der Waals surface area contributed by atoms with Gasteiger partial charge in [-0.2, -0.15) is 5.26 Å². The van der Waals surface area contributed by atoms with Gasteiger partial charge in [0.1, 0.15) is 11.8 Å². The van der Waals surface area contributed by atoms with Crippen LogP contribution in [0.3, 0.4) is 0 Å². The van der Waals surface area contributed by atoms with E-state index in [4.69, 9.17) is 11.0 Å². The summed E-state index contributed by atoms with van der Waals surface area (Å²) in [5, 5.41) is 17.7. The first-order valence-corrected chi connectivity index (χ1v) is 3.95. The molecule has 4 nitrogen and oxygen atoms in total. The van der Waals surface area contributed by atoms with Gasteiger partial charge in [-0.3, -0.25) is 0 Å². The Bertz CT molecular complexity index is 313. The standard InChI is InChI=1S/C9H11N3O/c1-6(13)9(11)7-2-3-8(4-10)12-5-7/h2-3,5-6,9,13H,11H2,1H3. The van der Waals surface area contributed by atoms with E-state index in [0.717, 1.165) is 5.56 Å². The number of hydrogen-bond donors (Lipinski definition) is 2. The van der Waals surface area contributed by atoms with Crippen LogP contribution in [0.1, 0.15) is 24.2 Å². The maximum atomic E-state index is 9.18. The average molecular weight is 177 g/mol. The molecule has 0 fully saturated rings. The summed E-state index contributed by atoms with van der Waals surface area (Å²) in [6, 6.07) is 4.74. The van der Waals surface area contributed by atoms with Crippen molar-refractivity contribution >= 4 is 0 Å². The number of aromatic nitrogens is 1. The molecule has 0 amide bonds. The van der Waals surface area contributed by atoms with Gasteiger partial charge in [-0.25, -0.2) is 4.98 Å². The fraction of sp³-hybridized carbons (Fsp3) is 0.333. The van der Waals surface area contributed by atoms with Gasteiger partial charge in [0.25, 0.3) is 0 Å². The number of hydrogen-bond acceptors (Lipinski definition) is 4. The molecule has 1 aromatic rings. The fourth-order valence-corrected chi connectivity index (χ4v) is 0.947. The summed E-state index contributed by atoms with van der Waals surface area (Å²) >= 11 is 0. The van der Waals surface area contributed by atoms with E-state index >= 15 is 0 Å². The molecule has 1 heterocycles. The van der Waals surface area contributed by atoms with Gasteiger partial charge in [-0.15, -0.1) is 0 Å². The summed E-state index contributed by atoms with van der Waals surface area (Å²) in [5.74, 6) is 0. The van der Waals surface area contributed by atoms with Gasteiger partial charge >= 0.3 is 0 Å². The van der Waals surface area contributed by atoms with E-state index in [1.165, 1.54) is 6.20 Å². The first kappa shape index (κ1) is 9.65. The van der Waals surface area contributed by atoms with Crippen LogP contribution >= 0.6 is 0 Å². The molecular weight excluding hydrogens is 166 g/mol. The van der Waals surface area contributed by atoms with Crippen molar-refractivity contribution in [1.29, 1.82) is 5.26 Å². The predicted octanol–water partition coefficient (Wildman–Crippen LogP) is 0.334. The third-order valence-electron chi connectivity index (χ3n) is 1.81. The lowest BCUT2D eigenvalue weighted by Gasteiger charge is -2.13. The minimum absolute atomic E-state index is 0.349. The van der Waals surface area contributed by atoms with Crippen molar-refractivity contribution in [3.63, 3.8) is 0 Å². The molecule has 4 heteroatoms. The van der Waals surface area contributed by atoms with Crippen LogP contribution in [0.15, 0.2) is 18.3 Å². The van der Waals surface area contributed by atoms with Crippen LogP contribution in [0.5, 0.6) is 0 Å². The van der Waals surface area contributed by atoms with E-state index in [1.807, 2.05) is 6.07 Å². The Morgan fingerprint density at radius 2 is 2.31 bits per heavy atom. The molecule has 0 saturated heterocycles. The lowest BCUT2D eigenvalue weighted by atomic mass is 10.1. The number of rotatable bonds is 2. The summed E-state index contributed by atoms with van der Waals surface area (Å²) in [6.07, 6.45) is 0.894. The van der Waals surface area contributed by atoms with Crippen molar-refractivity contribution in [2.45, 2.75) is 19.1 Å². The number of aliphatic hydroxyl groups excluding tert-OH is 1. The Balaban J connectivity index is 2.87. The molecule has 2 atom stereocenters. The van der Waals surface area contributed by atoms with Gasteiger partial charge in [-0.05, 0) is 18.6 Å². The lowest BCUT2D eigenvalue weighted by molar-refractivity contribution is 0.164. The van der Waals surface area contributed by atoms with Crippen molar-refractivity contribution in [1.82, 2.24) is 4.98 Å². The van der Waals surface area contributed by atoms with Crippen molar-refractivity contribution in [2.75, 3.05) is 0 Å². The van der Waals surface area contributed by atoms with E-state index < -0.39 is 12.1 Å². The topological polar surface area (TPSA) is 82.9 Å².